The van der Waals surface area contributed by atoms with Crippen molar-refractivity contribution < 1.29 is 9.18 Å². The standard InChI is InChI=1S/C14H18BrFN2O/c15-11-4-5-13(16)10(8-11)3-6-14(19)18-7-1-2-12(17)9-18/h4-5,8,12H,1-3,6-7,9,17H2. The number of hydrogen-bond donors (Lipinski definition) is 1. The third kappa shape index (κ3) is 4.01. The third-order valence-electron chi connectivity index (χ3n) is 3.43. The zero-order chi connectivity index (χ0) is 13.8. The van der Waals surface area contributed by atoms with Gasteiger partial charge in [-0.15, -0.1) is 0 Å². The topological polar surface area (TPSA) is 46.3 Å². The predicted octanol–water partition coefficient (Wildman–Crippen LogP) is 2.47. The first kappa shape index (κ1) is 14.5. The molecule has 2 N–H and O–H groups in total. The molecule has 0 bridgehead atoms. The number of rotatable bonds is 3. The summed E-state index contributed by atoms with van der Waals surface area (Å²) in [6, 6.07) is 4.88. The number of halogens is 2. The summed E-state index contributed by atoms with van der Waals surface area (Å²) in [6.07, 6.45) is 2.69. The van der Waals surface area contributed by atoms with Crippen LogP contribution in [0.1, 0.15) is 24.8 Å². The summed E-state index contributed by atoms with van der Waals surface area (Å²) >= 11 is 3.31. The van der Waals surface area contributed by atoms with Crippen molar-refractivity contribution >= 4 is 21.8 Å². The van der Waals surface area contributed by atoms with Gasteiger partial charge >= 0.3 is 0 Å². The quantitative estimate of drug-likeness (QED) is 0.926. The summed E-state index contributed by atoms with van der Waals surface area (Å²) in [6.45, 7) is 1.40. The van der Waals surface area contributed by atoms with Crippen molar-refractivity contribution in [1.29, 1.82) is 0 Å². The molecule has 0 aromatic heterocycles. The molecule has 1 atom stereocenters. The Bertz CT molecular complexity index is 467. The van der Waals surface area contributed by atoms with Crippen molar-refractivity contribution in [3.63, 3.8) is 0 Å². The van der Waals surface area contributed by atoms with Gasteiger partial charge in [0.2, 0.25) is 5.91 Å². The molecule has 1 aromatic rings. The zero-order valence-electron chi connectivity index (χ0n) is 10.7. The molecule has 1 heterocycles. The van der Waals surface area contributed by atoms with E-state index in [9.17, 15) is 9.18 Å². The molecule has 5 heteroatoms. The van der Waals surface area contributed by atoms with Crippen LogP contribution in [0.3, 0.4) is 0 Å². The maximum absolute atomic E-state index is 13.6. The number of piperidine rings is 1. The molecular formula is C14H18BrFN2O. The molecule has 1 amide bonds. The first-order valence-corrected chi connectivity index (χ1v) is 7.33. The van der Waals surface area contributed by atoms with Crippen LogP contribution in [0.15, 0.2) is 22.7 Å². The van der Waals surface area contributed by atoms with Gasteiger partial charge in [0.1, 0.15) is 5.82 Å². The van der Waals surface area contributed by atoms with E-state index in [0.717, 1.165) is 23.9 Å². The largest absolute Gasteiger partial charge is 0.341 e. The molecule has 19 heavy (non-hydrogen) atoms. The fraction of sp³-hybridized carbons (Fsp3) is 0.500. The molecule has 1 unspecified atom stereocenters. The van der Waals surface area contributed by atoms with Crippen LogP contribution in [-0.2, 0) is 11.2 Å². The fourth-order valence-electron chi connectivity index (χ4n) is 2.37. The number of aryl methyl sites for hydroxylation is 1. The van der Waals surface area contributed by atoms with Gasteiger partial charge < -0.3 is 10.6 Å². The Labute approximate surface area is 121 Å². The molecule has 104 valence electrons. The Kier molecular flexibility index (Phi) is 4.93. The van der Waals surface area contributed by atoms with Gasteiger partial charge in [-0.05, 0) is 43.0 Å². The maximum atomic E-state index is 13.6. The van der Waals surface area contributed by atoms with Gasteiger partial charge in [0.25, 0.3) is 0 Å². The van der Waals surface area contributed by atoms with E-state index in [1.54, 1.807) is 17.0 Å². The Hall–Kier alpha value is -0.940. The number of carbonyl (C=O) groups is 1. The van der Waals surface area contributed by atoms with Gasteiger partial charge in [0, 0.05) is 30.0 Å². The van der Waals surface area contributed by atoms with Gasteiger partial charge in [-0.25, -0.2) is 4.39 Å². The van der Waals surface area contributed by atoms with E-state index >= 15 is 0 Å². The van der Waals surface area contributed by atoms with Crippen LogP contribution >= 0.6 is 15.9 Å². The molecule has 0 radical (unpaired) electrons. The molecule has 2 rings (SSSR count). The summed E-state index contributed by atoms with van der Waals surface area (Å²) in [5, 5.41) is 0. The molecule has 1 fully saturated rings. The first-order valence-electron chi connectivity index (χ1n) is 6.53. The van der Waals surface area contributed by atoms with Crippen molar-refractivity contribution in [2.75, 3.05) is 13.1 Å². The van der Waals surface area contributed by atoms with Crippen LogP contribution in [0.5, 0.6) is 0 Å². The highest BCUT2D eigenvalue weighted by Crippen LogP contribution is 2.18. The van der Waals surface area contributed by atoms with E-state index < -0.39 is 0 Å². The first-order chi connectivity index (χ1) is 9.06. The number of carbonyl (C=O) groups excluding carboxylic acids is 1. The highest BCUT2D eigenvalue weighted by Gasteiger charge is 2.21. The molecule has 0 aliphatic carbocycles. The Morgan fingerprint density at radius 2 is 2.32 bits per heavy atom. The van der Waals surface area contributed by atoms with Gasteiger partial charge in [0.05, 0.1) is 0 Å². The van der Waals surface area contributed by atoms with Crippen LogP contribution in [0.4, 0.5) is 4.39 Å². The van der Waals surface area contributed by atoms with Crippen LogP contribution < -0.4 is 5.73 Å². The van der Waals surface area contributed by atoms with Gasteiger partial charge in [-0.1, -0.05) is 15.9 Å². The second kappa shape index (κ2) is 6.48. The number of amides is 1. The molecule has 1 aliphatic heterocycles. The monoisotopic (exact) mass is 328 g/mol. The fourth-order valence-corrected chi connectivity index (χ4v) is 2.78. The SMILES string of the molecule is NC1CCCN(C(=O)CCc2cc(Br)ccc2F)C1. The van der Waals surface area contributed by atoms with Crippen LogP contribution in [-0.4, -0.2) is 29.9 Å². The van der Waals surface area contributed by atoms with E-state index in [2.05, 4.69) is 15.9 Å². The van der Waals surface area contributed by atoms with Crippen molar-refractivity contribution in [3.05, 3.63) is 34.1 Å². The number of hydrogen-bond acceptors (Lipinski definition) is 2. The normalized spacial score (nSPS) is 19.5. The third-order valence-corrected chi connectivity index (χ3v) is 3.92. The molecule has 1 saturated heterocycles. The van der Waals surface area contributed by atoms with Gasteiger partial charge in [0.15, 0.2) is 0 Å². The summed E-state index contributed by atoms with van der Waals surface area (Å²) in [7, 11) is 0. The Morgan fingerprint density at radius 3 is 3.05 bits per heavy atom. The second-order valence-corrected chi connectivity index (χ2v) is 5.89. The smallest absolute Gasteiger partial charge is 0.222 e. The number of nitrogens with zero attached hydrogens (tertiary/aromatic N) is 1. The summed E-state index contributed by atoms with van der Waals surface area (Å²) < 4.78 is 14.4. The minimum absolute atomic E-state index is 0.0644. The van der Waals surface area contributed by atoms with Gasteiger partial charge in [-0.2, -0.15) is 0 Å². The summed E-state index contributed by atoms with van der Waals surface area (Å²) in [4.78, 5) is 13.8. The van der Waals surface area contributed by atoms with E-state index in [0.29, 0.717) is 24.9 Å². The highest BCUT2D eigenvalue weighted by molar-refractivity contribution is 9.10. The van der Waals surface area contributed by atoms with Gasteiger partial charge in [-0.3, -0.25) is 4.79 Å². The second-order valence-electron chi connectivity index (χ2n) is 4.98. The zero-order valence-corrected chi connectivity index (χ0v) is 12.3. The molecule has 3 nitrogen and oxygen atoms in total. The maximum Gasteiger partial charge on any atom is 0.222 e. The molecular weight excluding hydrogens is 311 g/mol. The number of benzene rings is 1. The lowest BCUT2D eigenvalue weighted by Gasteiger charge is -2.30. The Balaban J connectivity index is 1.91. The molecule has 0 spiro atoms. The Morgan fingerprint density at radius 1 is 1.53 bits per heavy atom. The molecule has 1 aliphatic rings. The van der Waals surface area contributed by atoms with Crippen LogP contribution in [0.2, 0.25) is 0 Å². The van der Waals surface area contributed by atoms with Crippen LogP contribution in [0, 0.1) is 5.82 Å². The average Bonchev–Trinajstić information content (AvgIpc) is 2.39. The average molecular weight is 329 g/mol. The highest BCUT2D eigenvalue weighted by atomic mass is 79.9. The van der Waals surface area contributed by atoms with E-state index in [4.69, 9.17) is 5.73 Å². The lowest BCUT2D eigenvalue weighted by molar-refractivity contribution is -0.132. The molecule has 0 saturated carbocycles. The van der Waals surface area contributed by atoms with Crippen molar-refractivity contribution in [1.82, 2.24) is 4.90 Å². The minimum Gasteiger partial charge on any atom is -0.341 e. The predicted molar refractivity (Wildman–Crippen MR) is 76.2 cm³/mol. The van der Waals surface area contributed by atoms with Crippen molar-refractivity contribution in [3.8, 4) is 0 Å². The summed E-state index contributed by atoms with van der Waals surface area (Å²) in [5.74, 6) is -0.194. The lowest BCUT2D eigenvalue weighted by Crippen LogP contribution is -2.45. The van der Waals surface area contributed by atoms with E-state index in [1.807, 2.05) is 0 Å². The van der Waals surface area contributed by atoms with E-state index in [1.165, 1.54) is 6.07 Å². The van der Waals surface area contributed by atoms with Crippen molar-refractivity contribution in [2.45, 2.75) is 31.7 Å². The lowest BCUT2D eigenvalue weighted by atomic mass is 10.0. The molecule has 1 aromatic carbocycles. The van der Waals surface area contributed by atoms with Crippen LogP contribution in [0.25, 0.3) is 0 Å². The number of likely N-dealkylation sites (tertiary alicyclic amines) is 1. The van der Waals surface area contributed by atoms with E-state index in [-0.39, 0.29) is 17.8 Å². The summed E-state index contributed by atoms with van der Waals surface area (Å²) in [5.41, 5.74) is 6.43. The number of nitrogens with two attached hydrogens (primary N) is 1. The van der Waals surface area contributed by atoms with Crippen molar-refractivity contribution in [2.24, 2.45) is 5.73 Å². The minimum atomic E-state index is -0.258.